The highest BCUT2D eigenvalue weighted by atomic mass is 16.5. The normalized spacial score (nSPS) is 15.9. The summed E-state index contributed by atoms with van der Waals surface area (Å²) in [5, 5.41) is 12.4. The van der Waals surface area contributed by atoms with Crippen molar-refractivity contribution in [3.63, 3.8) is 0 Å². The highest BCUT2D eigenvalue weighted by molar-refractivity contribution is 5.86. The quantitative estimate of drug-likeness (QED) is 0.367. The number of carboxylic acids is 1. The van der Waals surface area contributed by atoms with Crippen molar-refractivity contribution >= 4 is 17.8 Å². The molecule has 7 heteroatoms. The van der Waals surface area contributed by atoms with E-state index in [-0.39, 0.29) is 24.5 Å². The van der Waals surface area contributed by atoms with Gasteiger partial charge in [0.2, 0.25) is 5.91 Å². The van der Waals surface area contributed by atoms with Gasteiger partial charge in [-0.3, -0.25) is 19.7 Å². The van der Waals surface area contributed by atoms with Crippen LogP contribution in [0.2, 0.25) is 0 Å². The van der Waals surface area contributed by atoms with E-state index in [0.717, 1.165) is 44.1 Å². The van der Waals surface area contributed by atoms with E-state index in [0.29, 0.717) is 19.4 Å². The van der Waals surface area contributed by atoms with Crippen molar-refractivity contribution in [3.8, 4) is 0 Å². The van der Waals surface area contributed by atoms with Gasteiger partial charge in [0.25, 0.3) is 0 Å². The van der Waals surface area contributed by atoms with Crippen LogP contribution in [0.25, 0.3) is 0 Å². The molecule has 1 aromatic rings. The third-order valence-electron chi connectivity index (χ3n) is 5.77. The number of benzene rings is 1. The van der Waals surface area contributed by atoms with Gasteiger partial charge in [-0.1, -0.05) is 56.5 Å². The topological polar surface area (TPSA) is 95.9 Å². The van der Waals surface area contributed by atoms with E-state index in [9.17, 15) is 19.5 Å². The van der Waals surface area contributed by atoms with Gasteiger partial charge in [-0.2, -0.15) is 0 Å². The molecular weight excluding hydrogens is 396 g/mol. The molecule has 2 atom stereocenters. The molecule has 0 bridgehead atoms. The summed E-state index contributed by atoms with van der Waals surface area (Å²) in [5.74, 6) is -1.66. The van der Waals surface area contributed by atoms with Gasteiger partial charge in [0, 0.05) is 6.04 Å². The molecule has 0 heterocycles. The summed E-state index contributed by atoms with van der Waals surface area (Å²) in [7, 11) is 0. The number of hydrogen-bond acceptors (Lipinski definition) is 5. The highest BCUT2D eigenvalue weighted by Gasteiger charge is 2.33. The van der Waals surface area contributed by atoms with Crippen LogP contribution in [-0.2, 0) is 25.5 Å². The van der Waals surface area contributed by atoms with Crippen LogP contribution >= 0.6 is 0 Å². The van der Waals surface area contributed by atoms with Crippen LogP contribution in [0.4, 0.5) is 0 Å². The van der Waals surface area contributed by atoms with Crippen LogP contribution in [0.15, 0.2) is 30.3 Å². The fraction of sp³-hybridized carbons (Fsp3) is 0.625. The number of carbonyl (C=O) groups is 3. The molecular formula is C24H36N2O5. The molecule has 172 valence electrons. The van der Waals surface area contributed by atoms with Gasteiger partial charge in [-0.15, -0.1) is 0 Å². The number of aliphatic carboxylic acids is 1. The number of rotatable bonds is 13. The van der Waals surface area contributed by atoms with Crippen molar-refractivity contribution in [3.05, 3.63) is 35.9 Å². The number of nitrogens with one attached hydrogen (secondary N) is 1. The Hall–Kier alpha value is -2.41. The van der Waals surface area contributed by atoms with E-state index in [1.54, 1.807) is 6.92 Å². The first-order chi connectivity index (χ1) is 14.9. The molecule has 31 heavy (non-hydrogen) atoms. The summed E-state index contributed by atoms with van der Waals surface area (Å²) in [4.78, 5) is 38.6. The maximum atomic E-state index is 13.1. The molecule has 2 rings (SSSR count). The standard InChI is InChI=1S/C24H36N2O5/c1-3-4-16-31-24(30)21(15-14-19-10-6-5-7-11-19)25-18(2)23(29)26(17-22(27)28)20-12-8-9-13-20/h5-7,10-11,18,20-21,25H,3-4,8-9,12-17H2,1-2H3,(H,27,28)/t18-,21-/m0/s1. The van der Waals surface area contributed by atoms with Crippen molar-refractivity contribution in [2.75, 3.05) is 13.2 Å². The van der Waals surface area contributed by atoms with Gasteiger partial charge in [-0.05, 0) is 44.6 Å². The Labute approximate surface area is 185 Å². The zero-order valence-corrected chi connectivity index (χ0v) is 18.7. The second-order valence-electron chi connectivity index (χ2n) is 8.28. The average molecular weight is 433 g/mol. The van der Waals surface area contributed by atoms with Gasteiger partial charge in [0.1, 0.15) is 12.6 Å². The molecule has 0 aliphatic heterocycles. The maximum absolute atomic E-state index is 13.1. The molecule has 1 aromatic carbocycles. The van der Waals surface area contributed by atoms with Crippen molar-refractivity contribution in [1.82, 2.24) is 10.2 Å². The van der Waals surface area contributed by atoms with Crippen molar-refractivity contribution in [2.45, 2.75) is 83.3 Å². The van der Waals surface area contributed by atoms with Gasteiger partial charge in [0.05, 0.1) is 12.6 Å². The maximum Gasteiger partial charge on any atom is 0.323 e. The zero-order chi connectivity index (χ0) is 22.6. The Kier molecular flexibility index (Phi) is 10.5. The van der Waals surface area contributed by atoms with Crippen LogP contribution in [0.1, 0.15) is 64.4 Å². The van der Waals surface area contributed by atoms with Crippen LogP contribution in [0.3, 0.4) is 0 Å². The lowest BCUT2D eigenvalue weighted by molar-refractivity contribution is -0.149. The first-order valence-corrected chi connectivity index (χ1v) is 11.4. The van der Waals surface area contributed by atoms with Crippen molar-refractivity contribution in [1.29, 1.82) is 0 Å². The first kappa shape index (κ1) is 24.9. The molecule has 0 aromatic heterocycles. The minimum Gasteiger partial charge on any atom is -0.480 e. The summed E-state index contributed by atoms with van der Waals surface area (Å²) in [6.45, 7) is 3.76. The molecule has 1 aliphatic carbocycles. The number of carbonyl (C=O) groups excluding carboxylic acids is 2. The van der Waals surface area contributed by atoms with E-state index >= 15 is 0 Å². The minimum absolute atomic E-state index is 0.0490. The Morgan fingerprint density at radius 1 is 1.19 bits per heavy atom. The number of ether oxygens (including phenoxy) is 1. The molecule has 7 nitrogen and oxygen atoms in total. The number of unbranched alkanes of at least 4 members (excludes halogenated alkanes) is 1. The van der Waals surface area contributed by atoms with Gasteiger partial charge < -0.3 is 14.7 Å². The molecule has 1 saturated carbocycles. The Balaban J connectivity index is 2.05. The summed E-state index contributed by atoms with van der Waals surface area (Å²) < 4.78 is 5.42. The monoisotopic (exact) mass is 432 g/mol. The molecule has 0 unspecified atom stereocenters. The minimum atomic E-state index is -1.02. The SMILES string of the molecule is CCCCOC(=O)[C@H](CCc1ccccc1)N[C@@H](C)C(=O)N(CC(=O)O)C1CCCC1. The third-order valence-corrected chi connectivity index (χ3v) is 5.77. The van der Waals surface area contributed by atoms with E-state index < -0.39 is 18.1 Å². The molecule has 2 N–H and O–H groups in total. The van der Waals surface area contributed by atoms with Crippen molar-refractivity contribution < 1.29 is 24.2 Å². The summed E-state index contributed by atoms with van der Waals surface area (Å²) in [6, 6.07) is 8.49. The molecule has 1 aliphatic rings. The van der Waals surface area contributed by atoms with E-state index in [4.69, 9.17) is 4.74 Å². The average Bonchev–Trinajstić information content (AvgIpc) is 3.29. The number of aryl methyl sites for hydroxylation is 1. The number of esters is 1. The summed E-state index contributed by atoms with van der Waals surface area (Å²) >= 11 is 0. The highest BCUT2D eigenvalue weighted by Crippen LogP contribution is 2.24. The number of carboxylic acid groups (broad SMARTS) is 1. The van der Waals surface area contributed by atoms with Crippen LogP contribution in [0, 0.1) is 0 Å². The largest absolute Gasteiger partial charge is 0.480 e. The summed E-state index contributed by atoms with van der Waals surface area (Å²) in [6.07, 6.45) is 6.53. The lowest BCUT2D eigenvalue weighted by atomic mass is 10.0. The van der Waals surface area contributed by atoms with E-state index in [2.05, 4.69) is 5.32 Å². The smallest absolute Gasteiger partial charge is 0.323 e. The molecule has 1 fully saturated rings. The molecule has 1 amide bonds. The number of amides is 1. The molecule has 0 saturated heterocycles. The Bertz CT molecular complexity index is 703. The van der Waals surface area contributed by atoms with Gasteiger partial charge >= 0.3 is 11.9 Å². The predicted molar refractivity (Wildman–Crippen MR) is 119 cm³/mol. The second-order valence-corrected chi connectivity index (χ2v) is 8.28. The number of nitrogens with zero attached hydrogens (tertiary/aromatic N) is 1. The molecule has 0 radical (unpaired) electrons. The zero-order valence-electron chi connectivity index (χ0n) is 18.7. The van der Waals surface area contributed by atoms with E-state index in [1.807, 2.05) is 37.3 Å². The lowest BCUT2D eigenvalue weighted by Crippen LogP contribution is -2.54. The van der Waals surface area contributed by atoms with Gasteiger partial charge in [0.15, 0.2) is 0 Å². The van der Waals surface area contributed by atoms with Gasteiger partial charge in [-0.25, -0.2) is 0 Å². The van der Waals surface area contributed by atoms with Crippen LogP contribution in [0.5, 0.6) is 0 Å². The number of hydrogen-bond donors (Lipinski definition) is 2. The Morgan fingerprint density at radius 3 is 2.48 bits per heavy atom. The van der Waals surface area contributed by atoms with Crippen molar-refractivity contribution in [2.24, 2.45) is 0 Å². The third kappa shape index (κ3) is 8.32. The fourth-order valence-electron chi connectivity index (χ4n) is 4.01. The summed E-state index contributed by atoms with van der Waals surface area (Å²) in [5.41, 5.74) is 1.10. The fourth-order valence-corrected chi connectivity index (χ4v) is 4.01. The predicted octanol–water partition coefficient (Wildman–Crippen LogP) is 3.17. The van der Waals surface area contributed by atoms with Crippen LogP contribution in [-0.4, -0.2) is 59.1 Å². The lowest BCUT2D eigenvalue weighted by Gasteiger charge is -2.31. The Morgan fingerprint density at radius 2 is 1.87 bits per heavy atom. The van der Waals surface area contributed by atoms with E-state index in [1.165, 1.54) is 4.90 Å². The second kappa shape index (κ2) is 13.1. The first-order valence-electron chi connectivity index (χ1n) is 11.4. The molecule has 0 spiro atoms. The van der Waals surface area contributed by atoms with Crippen LogP contribution < -0.4 is 5.32 Å².